The van der Waals surface area contributed by atoms with Crippen LogP contribution in [0.2, 0.25) is 0 Å². The highest BCUT2D eigenvalue weighted by molar-refractivity contribution is 5.98. The summed E-state index contributed by atoms with van der Waals surface area (Å²) < 4.78 is 18.4. The molecule has 0 saturated carbocycles. The van der Waals surface area contributed by atoms with Crippen LogP contribution in [-0.2, 0) is 16.1 Å². The van der Waals surface area contributed by atoms with Crippen molar-refractivity contribution in [1.82, 2.24) is 10.2 Å². The molecule has 0 atom stereocenters. The second kappa shape index (κ2) is 11.6. The number of halogens is 1. The van der Waals surface area contributed by atoms with Crippen molar-refractivity contribution < 1.29 is 23.5 Å². The molecule has 3 aromatic carbocycles. The Bertz CT molecular complexity index is 1130. The summed E-state index contributed by atoms with van der Waals surface area (Å²) in [7, 11) is 1.52. The predicted molar refractivity (Wildman–Crippen MR) is 127 cm³/mol. The number of carbonyl (C=O) groups excluding carboxylic acids is 3. The Labute approximate surface area is 197 Å². The fourth-order valence-electron chi connectivity index (χ4n) is 3.18. The molecule has 0 aromatic heterocycles. The molecule has 0 spiro atoms. The molecule has 0 aliphatic heterocycles. The topological polar surface area (TPSA) is 87.7 Å². The first kappa shape index (κ1) is 24.4. The number of ether oxygens (including phenoxy) is 1. The van der Waals surface area contributed by atoms with Gasteiger partial charge in [-0.1, -0.05) is 29.8 Å². The highest BCUT2D eigenvalue weighted by Gasteiger charge is 2.20. The Kier molecular flexibility index (Phi) is 8.34. The molecular weight excluding hydrogens is 437 g/mol. The Morgan fingerprint density at radius 2 is 1.53 bits per heavy atom. The lowest BCUT2D eigenvalue weighted by Gasteiger charge is -2.22. The number of carbonyl (C=O) groups is 3. The maximum Gasteiger partial charge on any atom is 0.254 e. The summed E-state index contributed by atoms with van der Waals surface area (Å²) in [4.78, 5) is 39.2. The Balaban J connectivity index is 1.64. The summed E-state index contributed by atoms with van der Waals surface area (Å²) in [6.45, 7) is 1.51. The van der Waals surface area contributed by atoms with E-state index >= 15 is 0 Å². The van der Waals surface area contributed by atoms with Crippen molar-refractivity contribution in [2.45, 2.75) is 13.5 Å². The zero-order chi connectivity index (χ0) is 24.5. The zero-order valence-corrected chi connectivity index (χ0v) is 19.0. The number of methoxy groups -OCH3 is 1. The van der Waals surface area contributed by atoms with E-state index in [1.807, 2.05) is 19.1 Å². The van der Waals surface area contributed by atoms with Crippen LogP contribution in [0.1, 0.15) is 21.5 Å². The lowest BCUT2D eigenvalue weighted by molar-refractivity contribution is -0.124. The van der Waals surface area contributed by atoms with E-state index in [-0.39, 0.29) is 31.4 Å². The largest absolute Gasteiger partial charge is 0.497 e. The molecule has 8 heteroatoms. The summed E-state index contributed by atoms with van der Waals surface area (Å²) in [5.74, 6) is -1.06. The molecule has 0 bridgehead atoms. The Morgan fingerprint density at radius 3 is 2.15 bits per heavy atom. The van der Waals surface area contributed by atoms with Crippen molar-refractivity contribution in [2.75, 3.05) is 25.5 Å². The van der Waals surface area contributed by atoms with Crippen molar-refractivity contribution >= 4 is 23.4 Å². The third-order valence-electron chi connectivity index (χ3n) is 5.03. The summed E-state index contributed by atoms with van der Waals surface area (Å²) in [5, 5.41) is 5.24. The minimum absolute atomic E-state index is 0.0914. The zero-order valence-electron chi connectivity index (χ0n) is 19.0. The van der Waals surface area contributed by atoms with Gasteiger partial charge in [0.15, 0.2) is 0 Å². The van der Waals surface area contributed by atoms with Crippen LogP contribution in [0.4, 0.5) is 10.1 Å². The molecule has 3 amide bonds. The highest BCUT2D eigenvalue weighted by atomic mass is 19.1. The van der Waals surface area contributed by atoms with Crippen LogP contribution >= 0.6 is 0 Å². The van der Waals surface area contributed by atoms with Gasteiger partial charge in [0.05, 0.1) is 13.7 Å². The second-order valence-electron chi connectivity index (χ2n) is 7.71. The third kappa shape index (κ3) is 7.16. The lowest BCUT2D eigenvalue weighted by atomic mass is 10.1. The van der Waals surface area contributed by atoms with Crippen molar-refractivity contribution in [2.24, 2.45) is 0 Å². The molecule has 2 N–H and O–H groups in total. The molecule has 0 fully saturated rings. The van der Waals surface area contributed by atoms with Gasteiger partial charge in [0.1, 0.15) is 18.1 Å². The van der Waals surface area contributed by atoms with Gasteiger partial charge >= 0.3 is 0 Å². The van der Waals surface area contributed by atoms with E-state index in [0.29, 0.717) is 22.6 Å². The van der Waals surface area contributed by atoms with Crippen LogP contribution in [0.5, 0.6) is 5.75 Å². The van der Waals surface area contributed by atoms with Gasteiger partial charge in [0.25, 0.3) is 5.91 Å². The molecule has 3 rings (SSSR count). The highest BCUT2D eigenvalue weighted by Crippen LogP contribution is 2.15. The number of nitrogens with zero attached hydrogens (tertiary/aromatic N) is 1. The summed E-state index contributed by atoms with van der Waals surface area (Å²) >= 11 is 0. The number of amides is 3. The van der Waals surface area contributed by atoms with Gasteiger partial charge in [-0.3, -0.25) is 14.4 Å². The quantitative estimate of drug-likeness (QED) is 0.508. The first-order valence-corrected chi connectivity index (χ1v) is 10.6. The number of aryl methyl sites for hydroxylation is 1. The fourth-order valence-corrected chi connectivity index (χ4v) is 3.18. The van der Waals surface area contributed by atoms with E-state index < -0.39 is 11.7 Å². The molecule has 0 heterocycles. The minimum atomic E-state index is -0.497. The molecule has 34 heavy (non-hydrogen) atoms. The summed E-state index contributed by atoms with van der Waals surface area (Å²) in [5.41, 5.74) is 2.72. The van der Waals surface area contributed by atoms with Gasteiger partial charge in [-0.25, -0.2) is 4.39 Å². The van der Waals surface area contributed by atoms with Crippen LogP contribution in [0.15, 0.2) is 72.8 Å². The van der Waals surface area contributed by atoms with E-state index in [1.54, 1.807) is 48.5 Å². The summed E-state index contributed by atoms with van der Waals surface area (Å²) in [6, 6.07) is 19.5. The number of benzene rings is 3. The van der Waals surface area contributed by atoms with E-state index in [4.69, 9.17) is 4.74 Å². The number of rotatable bonds is 9. The average molecular weight is 464 g/mol. The average Bonchev–Trinajstić information content (AvgIpc) is 2.84. The standard InChI is InChI=1S/C26H26FN3O4/c1-18-3-11-22(12-4-18)29-24(31)15-28-25(32)17-30(16-19-5-9-21(27)10-6-19)26(33)20-7-13-23(34-2)14-8-20/h3-14H,15-17H2,1-2H3,(H,28,32)(H,29,31). The number of nitrogens with one attached hydrogen (secondary N) is 2. The van der Waals surface area contributed by atoms with Crippen molar-refractivity contribution in [1.29, 1.82) is 0 Å². The lowest BCUT2D eigenvalue weighted by Crippen LogP contribution is -2.42. The van der Waals surface area contributed by atoms with Crippen LogP contribution in [0.3, 0.4) is 0 Å². The van der Waals surface area contributed by atoms with Crippen LogP contribution in [-0.4, -0.2) is 42.8 Å². The van der Waals surface area contributed by atoms with E-state index in [1.165, 1.54) is 24.1 Å². The van der Waals surface area contributed by atoms with E-state index in [0.717, 1.165) is 5.56 Å². The molecule has 0 aliphatic carbocycles. The van der Waals surface area contributed by atoms with Crippen molar-refractivity contribution in [3.8, 4) is 5.75 Å². The maximum absolute atomic E-state index is 13.3. The normalized spacial score (nSPS) is 10.3. The van der Waals surface area contributed by atoms with Gasteiger partial charge < -0.3 is 20.3 Å². The third-order valence-corrected chi connectivity index (χ3v) is 5.03. The number of hydrogen-bond donors (Lipinski definition) is 2. The van der Waals surface area contributed by atoms with E-state index in [2.05, 4.69) is 10.6 Å². The second-order valence-corrected chi connectivity index (χ2v) is 7.71. The summed E-state index contributed by atoms with van der Waals surface area (Å²) in [6.07, 6.45) is 0. The first-order chi connectivity index (χ1) is 16.3. The van der Waals surface area contributed by atoms with Crippen LogP contribution in [0, 0.1) is 12.7 Å². The molecule has 0 aliphatic rings. The number of hydrogen-bond acceptors (Lipinski definition) is 4. The maximum atomic E-state index is 13.3. The molecular formula is C26H26FN3O4. The molecule has 3 aromatic rings. The fraction of sp³-hybridized carbons (Fsp3) is 0.192. The molecule has 176 valence electrons. The van der Waals surface area contributed by atoms with E-state index in [9.17, 15) is 18.8 Å². The molecule has 7 nitrogen and oxygen atoms in total. The predicted octanol–water partition coefficient (Wildman–Crippen LogP) is 3.54. The first-order valence-electron chi connectivity index (χ1n) is 10.6. The molecule has 0 saturated heterocycles. The SMILES string of the molecule is COc1ccc(C(=O)N(CC(=O)NCC(=O)Nc2ccc(C)cc2)Cc2ccc(F)cc2)cc1. The van der Waals surface area contributed by atoms with Gasteiger partial charge in [0, 0.05) is 17.8 Å². The smallest absolute Gasteiger partial charge is 0.254 e. The van der Waals surface area contributed by atoms with Gasteiger partial charge in [-0.15, -0.1) is 0 Å². The minimum Gasteiger partial charge on any atom is -0.497 e. The molecule has 0 unspecified atom stereocenters. The van der Waals surface area contributed by atoms with Gasteiger partial charge in [-0.2, -0.15) is 0 Å². The van der Waals surface area contributed by atoms with Crippen LogP contribution in [0.25, 0.3) is 0 Å². The van der Waals surface area contributed by atoms with Gasteiger partial charge in [-0.05, 0) is 61.0 Å². The van der Waals surface area contributed by atoms with Crippen LogP contribution < -0.4 is 15.4 Å². The molecule has 0 radical (unpaired) electrons. The van der Waals surface area contributed by atoms with Crippen molar-refractivity contribution in [3.63, 3.8) is 0 Å². The Hall–Kier alpha value is -4.20. The van der Waals surface area contributed by atoms with Gasteiger partial charge in [0.2, 0.25) is 11.8 Å². The Morgan fingerprint density at radius 1 is 0.882 bits per heavy atom. The monoisotopic (exact) mass is 463 g/mol. The number of anilines is 1. The van der Waals surface area contributed by atoms with Crippen molar-refractivity contribution in [3.05, 3.63) is 95.3 Å².